The van der Waals surface area contributed by atoms with E-state index in [1.807, 2.05) is 4.90 Å². The molecule has 0 spiro atoms. The molecular formula is C22H24FN5O5. The molecule has 0 bridgehead atoms. The van der Waals surface area contributed by atoms with Gasteiger partial charge in [0.15, 0.2) is 0 Å². The molecule has 1 aromatic carbocycles. The van der Waals surface area contributed by atoms with Gasteiger partial charge in [0.1, 0.15) is 11.6 Å². The lowest BCUT2D eigenvalue weighted by molar-refractivity contribution is -0.148. The quantitative estimate of drug-likeness (QED) is 0.583. The summed E-state index contributed by atoms with van der Waals surface area (Å²) >= 11 is 0. The Labute approximate surface area is 188 Å². The molecule has 174 valence electrons. The summed E-state index contributed by atoms with van der Waals surface area (Å²) in [7, 11) is 0. The van der Waals surface area contributed by atoms with Crippen molar-refractivity contribution in [2.24, 2.45) is 5.92 Å². The highest BCUT2D eigenvalue weighted by atomic mass is 19.1. The minimum absolute atomic E-state index is 0.00574. The molecule has 3 N–H and O–H groups in total. The maximum absolute atomic E-state index is 13.9. The maximum Gasteiger partial charge on any atom is 0.309 e. The SMILES string of the molecule is CCOC(=O)C1CCN(c2nc3c(c(=O)[nH]2)[C@@H](C(=O)Nc2ccccc2F)CC(=O)N3)CC1. The third-order valence-corrected chi connectivity index (χ3v) is 5.80. The lowest BCUT2D eigenvalue weighted by Crippen LogP contribution is -2.41. The van der Waals surface area contributed by atoms with Crippen molar-refractivity contribution in [3.8, 4) is 0 Å². The van der Waals surface area contributed by atoms with Gasteiger partial charge in [-0.05, 0) is 31.9 Å². The van der Waals surface area contributed by atoms with E-state index in [4.69, 9.17) is 4.74 Å². The summed E-state index contributed by atoms with van der Waals surface area (Å²) in [5.41, 5.74) is -0.578. The summed E-state index contributed by atoms with van der Waals surface area (Å²) in [6.45, 7) is 3.02. The van der Waals surface area contributed by atoms with Crippen molar-refractivity contribution >= 4 is 35.2 Å². The monoisotopic (exact) mass is 457 g/mol. The first-order valence-electron chi connectivity index (χ1n) is 10.8. The molecule has 0 aliphatic carbocycles. The van der Waals surface area contributed by atoms with Gasteiger partial charge in [0.2, 0.25) is 17.8 Å². The number of halogens is 1. The second-order valence-electron chi connectivity index (χ2n) is 7.94. The van der Waals surface area contributed by atoms with Crippen LogP contribution in [0.2, 0.25) is 0 Å². The van der Waals surface area contributed by atoms with Crippen LogP contribution in [0.3, 0.4) is 0 Å². The molecule has 1 atom stereocenters. The Kier molecular flexibility index (Phi) is 6.38. The second-order valence-corrected chi connectivity index (χ2v) is 7.94. The van der Waals surface area contributed by atoms with Crippen LogP contribution >= 0.6 is 0 Å². The number of H-pyrrole nitrogens is 1. The predicted molar refractivity (Wildman–Crippen MR) is 117 cm³/mol. The molecule has 33 heavy (non-hydrogen) atoms. The van der Waals surface area contributed by atoms with E-state index in [0.29, 0.717) is 32.5 Å². The van der Waals surface area contributed by atoms with Gasteiger partial charge in [-0.1, -0.05) is 12.1 Å². The van der Waals surface area contributed by atoms with Gasteiger partial charge in [-0.15, -0.1) is 0 Å². The second kappa shape index (κ2) is 9.39. The summed E-state index contributed by atoms with van der Waals surface area (Å²) in [6, 6.07) is 5.64. The van der Waals surface area contributed by atoms with Crippen molar-refractivity contribution in [2.75, 3.05) is 35.2 Å². The van der Waals surface area contributed by atoms with Crippen LogP contribution in [0.5, 0.6) is 0 Å². The molecule has 0 saturated carbocycles. The first kappa shape index (κ1) is 22.4. The van der Waals surface area contributed by atoms with Crippen molar-refractivity contribution in [1.29, 1.82) is 0 Å². The van der Waals surface area contributed by atoms with Crippen LogP contribution in [0.15, 0.2) is 29.1 Å². The molecule has 2 aromatic rings. The van der Waals surface area contributed by atoms with Crippen molar-refractivity contribution in [3.63, 3.8) is 0 Å². The van der Waals surface area contributed by atoms with Gasteiger partial charge in [-0.25, -0.2) is 4.39 Å². The Morgan fingerprint density at radius 3 is 2.67 bits per heavy atom. The summed E-state index contributed by atoms with van der Waals surface area (Å²) in [6.07, 6.45) is 0.821. The lowest BCUT2D eigenvalue weighted by atomic mass is 9.92. The Bertz CT molecular complexity index is 1140. The van der Waals surface area contributed by atoms with Crippen LogP contribution in [0.4, 0.5) is 21.8 Å². The molecule has 1 fully saturated rings. The van der Waals surface area contributed by atoms with E-state index in [2.05, 4.69) is 20.6 Å². The number of ether oxygens (including phenoxy) is 1. The number of carbonyl (C=O) groups excluding carboxylic acids is 3. The zero-order valence-electron chi connectivity index (χ0n) is 18.0. The first-order valence-corrected chi connectivity index (χ1v) is 10.8. The van der Waals surface area contributed by atoms with Gasteiger partial charge < -0.3 is 20.3 Å². The van der Waals surface area contributed by atoms with Crippen LogP contribution in [0.25, 0.3) is 0 Å². The molecule has 10 nitrogen and oxygen atoms in total. The lowest BCUT2D eigenvalue weighted by Gasteiger charge is -2.32. The molecule has 2 aliphatic rings. The van der Waals surface area contributed by atoms with Crippen molar-refractivity contribution < 1.29 is 23.5 Å². The van der Waals surface area contributed by atoms with Crippen LogP contribution in [-0.2, 0) is 19.1 Å². The van der Waals surface area contributed by atoms with Gasteiger partial charge in [0.05, 0.1) is 29.7 Å². The number of para-hydroxylation sites is 1. The highest BCUT2D eigenvalue weighted by Crippen LogP contribution is 2.31. The third-order valence-electron chi connectivity index (χ3n) is 5.80. The first-order chi connectivity index (χ1) is 15.9. The predicted octanol–water partition coefficient (Wildman–Crippen LogP) is 1.75. The highest BCUT2D eigenvalue weighted by molar-refractivity contribution is 6.04. The van der Waals surface area contributed by atoms with Crippen molar-refractivity contribution in [1.82, 2.24) is 9.97 Å². The summed E-state index contributed by atoms with van der Waals surface area (Å²) in [5, 5.41) is 5.00. The van der Waals surface area contributed by atoms with E-state index < -0.39 is 29.1 Å². The number of anilines is 3. The molecule has 1 aromatic heterocycles. The summed E-state index contributed by atoms with van der Waals surface area (Å²) in [5.74, 6) is -3.08. The Morgan fingerprint density at radius 1 is 1.24 bits per heavy atom. The molecule has 1 saturated heterocycles. The molecular weight excluding hydrogens is 433 g/mol. The number of aromatic nitrogens is 2. The fraction of sp³-hybridized carbons (Fsp3) is 0.409. The van der Waals surface area contributed by atoms with Crippen LogP contribution in [-0.4, -0.2) is 47.4 Å². The van der Waals surface area contributed by atoms with Crippen LogP contribution in [0.1, 0.15) is 37.7 Å². The van der Waals surface area contributed by atoms with Crippen LogP contribution < -0.4 is 21.1 Å². The average Bonchev–Trinajstić information content (AvgIpc) is 2.80. The largest absolute Gasteiger partial charge is 0.466 e. The fourth-order valence-electron chi connectivity index (χ4n) is 4.10. The van der Waals surface area contributed by atoms with E-state index in [-0.39, 0.29) is 41.3 Å². The molecule has 0 unspecified atom stereocenters. The Morgan fingerprint density at radius 2 is 1.97 bits per heavy atom. The Hall–Kier alpha value is -3.76. The number of nitrogens with zero attached hydrogens (tertiary/aromatic N) is 2. The van der Waals surface area contributed by atoms with E-state index in [1.165, 1.54) is 18.2 Å². The molecule has 11 heteroatoms. The topological polar surface area (TPSA) is 133 Å². The fourth-order valence-corrected chi connectivity index (χ4v) is 4.10. The highest BCUT2D eigenvalue weighted by Gasteiger charge is 2.36. The van der Waals surface area contributed by atoms with E-state index in [0.717, 1.165) is 0 Å². The number of hydrogen-bond donors (Lipinski definition) is 3. The summed E-state index contributed by atoms with van der Waals surface area (Å²) in [4.78, 5) is 58.8. The number of rotatable bonds is 5. The number of hydrogen-bond acceptors (Lipinski definition) is 7. The zero-order chi connectivity index (χ0) is 23.5. The molecule has 0 radical (unpaired) electrons. The van der Waals surface area contributed by atoms with Gasteiger partial charge >= 0.3 is 5.97 Å². The van der Waals surface area contributed by atoms with E-state index in [9.17, 15) is 23.6 Å². The van der Waals surface area contributed by atoms with Gasteiger partial charge in [0, 0.05) is 19.5 Å². The standard InChI is InChI=1S/C22H24FN5O5/c1-2-33-21(32)12-7-9-28(10-8-12)22-26-18-17(20(31)27-22)13(11-16(29)25-18)19(30)24-15-6-4-3-5-14(15)23/h3-6,12-13H,2,7-11H2,1H3,(H,24,30)(H2,25,26,27,29,31)/t13-/m0/s1. The van der Waals surface area contributed by atoms with Crippen molar-refractivity contribution in [2.45, 2.75) is 32.1 Å². The minimum Gasteiger partial charge on any atom is -0.466 e. The maximum atomic E-state index is 13.9. The third kappa shape index (κ3) is 4.71. The zero-order valence-corrected chi connectivity index (χ0v) is 18.0. The van der Waals surface area contributed by atoms with Gasteiger partial charge in [0.25, 0.3) is 5.56 Å². The van der Waals surface area contributed by atoms with Crippen molar-refractivity contribution in [3.05, 3.63) is 46.0 Å². The smallest absolute Gasteiger partial charge is 0.309 e. The van der Waals surface area contributed by atoms with Gasteiger partial charge in [-0.2, -0.15) is 4.98 Å². The summed E-state index contributed by atoms with van der Waals surface area (Å²) < 4.78 is 19.0. The number of piperidine rings is 1. The number of fused-ring (bicyclic) bond motifs is 1. The Balaban J connectivity index is 1.55. The normalized spacial score (nSPS) is 18.3. The molecule has 4 rings (SSSR count). The van der Waals surface area contributed by atoms with Gasteiger partial charge in [-0.3, -0.25) is 24.2 Å². The number of aromatic amines is 1. The number of nitrogens with one attached hydrogen (secondary N) is 3. The average molecular weight is 457 g/mol. The molecule has 2 aliphatic heterocycles. The molecule has 3 heterocycles. The van der Waals surface area contributed by atoms with Crippen LogP contribution in [0, 0.1) is 11.7 Å². The number of benzene rings is 1. The van der Waals surface area contributed by atoms with E-state index >= 15 is 0 Å². The molecule has 2 amide bonds. The number of amides is 2. The van der Waals surface area contributed by atoms with E-state index in [1.54, 1.807) is 13.0 Å². The number of esters is 1. The number of carbonyl (C=O) groups is 3. The minimum atomic E-state index is -1.12.